The zero-order valence-electron chi connectivity index (χ0n) is 6.96. The van der Waals surface area contributed by atoms with Crippen molar-refractivity contribution in [3.8, 4) is 0 Å². The topological polar surface area (TPSA) is 12.4 Å². The van der Waals surface area contributed by atoms with Crippen LogP contribution >= 0.6 is 0 Å². The quantitative estimate of drug-likeness (QED) is 0.519. The van der Waals surface area contributed by atoms with E-state index in [1.807, 2.05) is 6.08 Å². The molecule has 0 aliphatic carbocycles. The maximum Gasteiger partial charge on any atom is 0.0264 e. The Kier molecular flexibility index (Phi) is 3.70. The Morgan fingerprint density at radius 3 is 2.30 bits per heavy atom. The number of nitrogens with zero attached hydrogens (tertiary/aromatic N) is 1. The maximum atomic E-state index is 3.83. The van der Waals surface area contributed by atoms with E-state index in [1.54, 1.807) is 6.21 Å². The highest BCUT2D eigenvalue weighted by Gasteiger charge is 2.01. The van der Waals surface area contributed by atoms with Gasteiger partial charge in [-0.05, 0) is 11.5 Å². The van der Waals surface area contributed by atoms with Crippen molar-refractivity contribution in [2.24, 2.45) is 10.4 Å². The van der Waals surface area contributed by atoms with Crippen LogP contribution in [0.2, 0.25) is 0 Å². The van der Waals surface area contributed by atoms with Crippen LogP contribution in [-0.2, 0) is 0 Å². The molecule has 0 amide bonds. The second-order valence-electron chi connectivity index (χ2n) is 3.21. The zero-order chi connectivity index (χ0) is 8.04. The molecule has 0 saturated carbocycles. The van der Waals surface area contributed by atoms with E-state index in [0.717, 1.165) is 0 Å². The van der Waals surface area contributed by atoms with E-state index in [2.05, 4.69) is 38.4 Å². The molecule has 0 spiro atoms. The maximum absolute atomic E-state index is 3.83. The highest BCUT2D eigenvalue weighted by molar-refractivity contribution is 5.71. The summed E-state index contributed by atoms with van der Waals surface area (Å²) in [5.41, 5.74) is 0.243. The highest BCUT2D eigenvalue weighted by atomic mass is 14.6. The molecule has 0 atom stereocenters. The van der Waals surface area contributed by atoms with Crippen molar-refractivity contribution in [1.82, 2.24) is 0 Å². The van der Waals surface area contributed by atoms with Gasteiger partial charge in [-0.3, -0.25) is 4.99 Å². The molecule has 1 heteroatoms. The van der Waals surface area contributed by atoms with E-state index in [1.165, 1.54) is 6.20 Å². The van der Waals surface area contributed by atoms with E-state index < -0.39 is 0 Å². The monoisotopic (exact) mass is 137 g/mol. The number of allylic oxidation sites excluding steroid dienone is 2. The van der Waals surface area contributed by atoms with Gasteiger partial charge in [-0.1, -0.05) is 33.4 Å². The standard InChI is InChI=1S/C9H15N/c1-5-10-8-6-7-9(2,3)4/h5-8H,1H2,2-4H3/b7-6-,10-8-. The molecule has 0 radical (unpaired) electrons. The van der Waals surface area contributed by atoms with Crippen LogP contribution in [0.25, 0.3) is 0 Å². The average Bonchev–Trinajstić information content (AvgIpc) is 1.78. The molecular weight excluding hydrogens is 122 g/mol. The van der Waals surface area contributed by atoms with Crippen molar-refractivity contribution in [1.29, 1.82) is 0 Å². The fourth-order valence-corrected chi connectivity index (χ4v) is 0.442. The lowest BCUT2D eigenvalue weighted by Gasteiger charge is -2.09. The minimum atomic E-state index is 0.243. The second kappa shape index (κ2) is 4.04. The molecule has 1 nitrogen and oxygen atoms in total. The summed E-state index contributed by atoms with van der Waals surface area (Å²) in [5.74, 6) is 0. The molecule has 0 aromatic heterocycles. The van der Waals surface area contributed by atoms with Gasteiger partial charge in [0.05, 0.1) is 0 Å². The van der Waals surface area contributed by atoms with Gasteiger partial charge in [-0.15, -0.1) is 0 Å². The van der Waals surface area contributed by atoms with Gasteiger partial charge in [-0.2, -0.15) is 0 Å². The first-order chi connectivity index (χ1) is 4.56. The van der Waals surface area contributed by atoms with Crippen LogP contribution in [0.1, 0.15) is 20.8 Å². The Balaban J connectivity index is 3.77. The fourth-order valence-electron chi connectivity index (χ4n) is 0.442. The van der Waals surface area contributed by atoms with E-state index in [9.17, 15) is 0 Å². The third-order valence-corrected chi connectivity index (χ3v) is 0.874. The van der Waals surface area contributed by atoms with Gasteiger partial charge in [0.2, 0.25) is 0 Å². The Morgan fingerprint density at radius 2 is 1.90 bits per heavy atom. The van der Waals surface area contributed by atoms with Crippen LogP contribution in [0.4, 0.5) is 0 Å². The first-order valence-corrected chi connectivity index (χ1v) is 3.38. The minimum Gasteiger partial charge on any atom is -0.265 e. The van der Waals surface area contributed by atoms with Crippen molar-refractivity contribution in [2.75, 3.05) is 0 Å². The lowest BCUT2D eigenvalue weighted by Crippen LogP contribution is -1.98. The first-order valence-electron chi connectivity index (χ1n) is 3.38. The average molecular weight is 137 g/mol. The summed E-state index contributed by atoms with van der Waals surface area (Å²) in [5, 5.41) is 0. The van der Waals surface area contributed by atoms with E-state index in [0.29, 0.717) is 0 Å². The summed E-state index contributed by atoms with van der Waals surface area (Å²) in [4.78, 5) is 3.83. The molecule has 10 heavy (non-hydrogen) atoms. The minimum absolute atomic E-state index is 0.243. The molecule has 0 N–H and O–H groups in total. The Bertz CT molecular complexity index is 147. The SMILES string of the molecule is C=C/N=C\C=C/C(C)(C)C. The predicted molar refractivity (Wildman–Crippen MR) is 47.3 cm³/mol. The van der Waals surface area contributed by atoms with Gasteiger partial charge in [0.25, 0.3) is 0 Å². The molecule has 0 aliphatic heterocycles. The third kappa shape index (κ3) is 7.15. The van der Waals surface area contributed by atoms with E-state index in [-0.39, 0.29) is 5.41 Å². The Hall–Kier alpha value is -0.850. The fraction of sp³-hybridized carbons (Fsp3) is 0.444. The van der Waals surface area contributed by atoms with E-state index >= 15 is 0 Å². The smallest absolute Gasteiger partial charge is 0.0264 e. The summed E-state index contributed by atoms with van der Waals surface area (Å²) in [7, 11) is 0. The van der Waals surface area contributed by atoms with Gasteiger partial charge in [0, 0.05) is 12.4 Å². The Morgan fingerprint density at radius 1 is 1.30 bits per heavy atom. The normalized spacial score (nSPS) is 13.1. The zero-order valence-corrected chi connectivity index (χ0v) is 6.96. The van der Waals surface area contributed by atoms with Crippen LogP contribution < -0.4 is 0 Å². The van der Waals surface area contributed by atoms with Crippen molar-refractivity contribution < 1.29 is 0 Å². The van der Waals surface area contributed by atoms with Crippen LogP contribution in [0.15, 0.2) is 29.9 Å². The molecule has 0 bridgehead atoms. The van der Waals surface area contributed by atoms with Crippen molar-refractivity contribution in [2.45, 2.75) is 20.8 Å². The van der Waals surface area contributed by atoms with Crippen LogP contribution in [0, 0.1) is 5.41 Å². The third-order valence-electron chi connectivity index (χ3n) is 0.874. The van der Waals surface area contributed by atoms with Crippen molar-refractivity contribution in [3.05, 3.63) is 24.9 Å². The number of hydrogen-bond donors (Lipinski definition) is 0. The van der Waals surface area contributed by atoms with Crippen LogP contribution in [0.3, 0.4) is 0 Å². The van der Waals surface area contributed by atoms with Crippen molar-refractivity contribution in [3.63, 3.8) is 0 Å². The molecule has 0 aromatic rings. The van der Waals surface area contributed by atoms with Crippen LogP contribution in [-0.4, -0.2) is 6.21 Å². The molecular formula is C9H15N. The molecule has 0 rings (SSSR count). The summed E-state index contributed by atoms with van der Waals surface area (Å²) >= 11 is 0. The molecule has 0 saturated heterocycles. The van der Waals surface area contributed by atoms with Crippen LogP contribution in [0.5, 0.6) is 0 Å². The molecule has 56 valence electrons. The largest absolute Gasteiger partial charge is 0.265 e. The molecule has 0 unspecified atom stereocenters. The van der Waals surface area contributed by atoms with Crippen molar-refractivity contribution >= 4 is 6.21 Å². The van der Waals surface area contributed by atoms with Gasteiger partial charge in [-0.25, -0.2) is 0 Å². The van der Waals surface area contributed by atoms with E-state index in [4.69, 9.17) is 0 Å². The van der Waals surface area contributed by atoms with Gasteiger partial charge in [0.15, 0.2) is 0 Å². The molecule has 0 aromatic carbocycles. The summed E-state index contributed by atoms with van der Waals surface area (Å²) in [6.45, 7) is 9.90. The molecule has 0 aliphatic rings. The van der Waals surface area contributed by atoms with Gasteiger partial charge < -0.3 is 0 Å². The van der Waals surface area contributed by atoms with Gasteiger partial charge in [0.1, 0.15) is 0 Å². The second-order valence-corrected chi connectivity index (χ2v) is 3.21. The number of aliphatic imine (C=N–C) groups is 1. The first kappa shape index (κ1) is 9.15. The molecule has 0 heterocycles. The number of rotatable bonds is 2. The lowest BCUT2D eigenvalue weighted by molar-refractivity contribution is 0.545. The summed E-state index contributed by atoms with van der Waals surface area (Å²) < 4.78 is 0. The molecule has 0 fully saturated rings. The predicted octanol–water partition coefficient (Wildman–Crippen LogP) is 2.80. The highest BCUT2D eigenvalue weighted by Crippen LogP contribution is 2.13. The summed E-state index contributed by atoms with van der Waals surface area (Å²) in [6.07, 6.45) is 7.28. The Labute approximate surface area is 63.2 Å². The van der Waals surface area contributed by atoms with Gasteiger partial charge >= 0.3 is 0 Å². The number of hydrogen-bond acceptors (Lipinski definition) is 1. The lowest BCUT2D eigenvalue weighted by atomic mass is 9.97. The summed E-state index contributed by atoms with van der Waals surface area (Å²) in [6, 6.07) is 0.